The van der Waals surface area contributed by atoms with E-state index in [1.807, 2.05) is 0 Å². The molecule has 1 amide bonds. The lowest BCUT2D eigenvalue weighted by molar-refractivity contribution is -0.274. The minimum absolute atomic E-state index is 0.000858. The third-order valence-electron chi connectivity index (χ3n) is 3.24. The van der Waals surface area contributed by atoms with Crippen LogP contribution in [-0.2, 0) is 4.79 Å². The normalized spacial score (nSPS) is 11.3. The number of carbonyl (C=O) groups excluding carboxylic acids is 1. The number of aromatic nitrogens is 4. The lowest BCUT2D eigenvalue weighted by Gasteiger charge is -2.09. The molecule has 146 valence electrons. The zero-order valence-corrected chi connectivity index (χ0v) is 15.4. The Morgan fingerprint density at radius 1 is 1.18 bits per heavy atom. The number of tetrazole rings is 1. The number of anilines is 1. The van der Waals surface area contributed by atoms with E-state index in [0.29, 0.717) is 21.6 Å². The van der Waals surface area contributed by atoms with Crippen LogP contribution in [0, 0.1) is 0 Å². The zero-order chi connectivity index (χ0) is 20.1. The molecule has 1 heterocycles. The van der Waals surface area contributed by atoms with Gasteiger partial charge in [0.15, 0.2) is 0 Å². The highest BCUT2D eigenvalue weighted by Crippen LogP contribution is 2.25. The van der Waals surface area contributed by atoms with E-state index in [1.165, 1.54) is 16.8 Å². The van der Waals surface area contributed by atoms with E-state index >= 15 is 0 Å². The predicted molar refractivity (Wildman–Crippen MR) is 96.6 cm³/mol. The highest BCUT2D eigenvalue weighted by molar-refractivity contribution is 7.99. The van der Waals surface area contributed by atoms with Gasteiger partial charge in [-0.1, -0.05) is 35.5 Å². The molecule has 0 atom stereocenters. The summed E-state index contributed by atoms with van der Waals surface area (Å²) in [6.45, 7) is 0. The monoisotopic (exact) mass is 429 g/mol. The first-order valence-electron chi connectivity index (χ1n) is 7.63. The molecule has 0 radical (unpaired) electrons. The topological polar surface area (TPSA) is 81.9 Å². The number of nitrogens with one attached hydrogen (secondary N) is 1. The Labute approximate surface area is 165 Å². The Morgan fingerprint density at radius 2 is 1.89 bits per heavy atom. The predicted octanol–water partition coefficient (Wildman–Crippen LogP) is 3.95. The quantitative estimate of drug-likeness (QED) is 0.597. The number of para-hydroxylation sites is 1. The molecule has 1 aromatic heterocycles. The molecule has 3 aromatic rings. The van der Waals surface area contributed by atoms with Gasteiger partial charge in [-0.3, -0.25) is 4.79 Å². The SMILES string of the molecule is O=C(CSc1nnnn1-c1ccc(OC(F)(F)F)cc1)Nc1ccccc1Cl. The standard InChI is InChI=1S/C16H11ClF3N5O2S/c17-12-3-1-2-4-13(12)21-14(26)9-28-15-22-23-24-25(15)10-5-7-11(8-6-10)27-16(18,19)20/h1-8H,9H2,(H,21,26). The molecular formula is C16H11ClF3N5O2S. The van der Waals surface area contributed by atoms with Gasteiger partial charge in [-0.25, -0.2) is 0 Å². The van der Waals surface area contributed by atoms with Crippen LogP contribution in [0.1, 0.15) is 0 Å². The number of benzene rings is 2. The number of carbonyl (C=O) groups is 1. The summed E-state index contributed by atoms with van der Waals surface area (Å²) in [5.74, 6) is -0.680. The van der Waals surface area contributed by atoms with E-state index in [1.54, 1.807) is 24.3 Å². The smallest absolute Gasteiger partial charge is 0.406 e. The fraction of sp³-hybridized carbons (Fsp3) is 0.125. The number of nitrogens with zero attached hydrogens (tertiary/aromatic N) is 4. The lowest BCUT2D eigenvalue weighted by Crippen LogP contribution is -2.17. The number of rotatable bonds is 6. The third kappa shape index (κ3) is 5.36. The van der Waals surface area contributed by atoms with Crippen molar-refractivity contribution in [3.8, 4) is 11.4 Å². The van der Waals surface area contributed by atoms with Crippen molar-refractivity contribution in [2.45, 2.75) is 11.5 Å². The van der Waals surface area contributed by atoms with Crippen LogP contribution in [0.25, 0.3) is 5.69 Å². The van der Waals surface area contributed by atoms with Crippen molar-refractivity contribution in [2.24, 2.45) is 0 Å². The molecular weight excluding hydrogens is 419 g/mol. The molecule has 0 saturated carbocycles. The van der Waals surface area contributed by atoms with Crippen LogP contribution >= 0.6 is 23.4 Å². The highest BCUT2D eigenvalue weighted by Gasteiger charge is 2.31. The summed E-state index contributed by atoms with van der Waals surface area (Å²) >= 11 is 7.04. The van der Waals surface area contributed by atoms with E-state index < -0.39 is 6.36 Å². The van der Waals surface area contributed by atoms with Gasteiger partial charge in [-0.05, 0) is 46.8 Å². The van der Waals surface area contributed by atoms with Gasteiger partial charge in [0.1, 0.15) is 5.75 Å². The van der Waals surface area contributed by atoms with Crippen molar-refractivity contribution in [3.05, 3.63) is 53.6 Å². The molecule has 28 heavy (non-hydrogen) atoms. The van der Waals surface area contributed by atoms with Crippen LogP contribution in [0.4, 0.5) is 18.9 Å². The number of ether oxygens (including phenoxy) is 1. The van der Waals surface area contributed by atoms with Gasteiger partial charge in [0.05, 0.1) is 22.2 Å². The lowest BCUT2D eigenvalue weighted by atomic mass is 10.3. The summed E-state index contributed by atoms with van der Waals surface area (Å²) in [4.78, 5) is 12.1. The number of thioether (sulfide) groups is 1. The number of hydrogen-bond donors (Lipinski definition) is 1. The second kappa shape index (κ2) is 8.48. The molecule has 2 aromatic carbocycles. The summed E-state index contributed by atoms with van der Waals surface area (Å²) in [7, 11) is 0. The van der Waals surface area contributed by atoms with Crippen LogP contribution in [0.3, 0.4) is 0 Å². The van der Waals surface area contributed by atoms with Crippen molar-refractivity contribution >= 4 is 35.0 Å². The summed E-state index contributed by atoms with van der Waals surface area (Å²) in [5.41, 5.74) is 0.892. The molecule has 0 bridgehead atoms. The average Bonchev–Trinajstić information content (AvgIpc) is 3.10. The highest BCUT2D eigenvalue weighted by atomic mass is 35.5. The maximum atomic E-state index is 12.2. The molecule has 0 aliphatic heterocycles. The summed E-state index contributed by atoms with van der Waals surface area (Å²) < 4.78 is 41.8. The first-order chi connectivity index (χ1) is 13.3. The molecule has 0 fully saturated rings. The Morgan fingerprint density at radius 3 is 2.57 bits per heavy atom. The van der Waals surface area contributed by atoms with E-state index in [2.05, 4.69) is 25.6 Å². The largest absolute Gasteiger partial charge is 0.573 e. The number of amides is 1. The molecule has 0 aliphatic rings. The summed E-state index contributed by atoms with van der Waals surface area (Å²) in [5, 5.41) is 14.5. The third-order valence-corrected chi connectivity index (χ3v) is 4.48. The molecule has 0 aliphatic carbocycles. The van der Waals surface area contributed by atoms with Crippen LogP contribution in [-0.4, -0.2) is 38.2 Å². The van der Waals surface area contributed by atoms with Crippen LogP contribution in [0.2, 0.25) is 5.02 Å². The van der Waals surface area contributed by atoms with Crippen LogP contribution in [0.5, 0.6) is 5.75 Å². The first kappa shape index (κ1) is 20.0. The molecule has 7 nitrogen and oxygen atoms in total. The number of halogens is 4. The molecule has 3 rings (SSSR count). The van der Waals surface area contributed by atoms with Gasteiger partial charge in [-0.2, -0.15) is 4.68 Å². The summed E-state index contributed by atoms with van der Waals surface area (Å²) in [6, 6.07) is 11.8. The Kier molecular flexibility index (Phi) is 6.05. The fourth-order valence-electron chi connectivity index (χ4n) is 2.10. The Hall–Kier alpha value is -2.79. The van der Waals surface area contributed by atoms with E-state index in [9.17, 15) is 18.0 Å². The minimum atomic E-state index is -4.77. The molecule has 12 heteroatoms. The fourth-order valence-corrected chi connectivity index (χ4v) is 2.97. The molecule has 0 saturated heterocycles. The van der Waals surface area contributed by atoms with E-state index in [-0.39, 0.29) is 17.4 Å². The van der Waals surface area contributed by atoms with Crippen molar-refractivity contribution in [1.82, 2.24) is 20.2 Å². The number of alkyl halides is 3. The van der Waals surface area contributed by atoms with Crippen molar-refractivity contribution in [3.63, 3.8) is 0 Å². The van der Waals surface area contributed by atoms with Gasteiger partial charge < -0.3 is 10.1 Å². The molecule has 1 N–H and O–H groups in total. The average molecular weight is 430 g/mol. The molecule has 0 spiro atoms. The van der Waals surface area contributed by atoms with Gasteiger partial charge in [0, 0.05) is 0 Å². The second-order valence-electron chi connectivity index (χ2n) is 5.23. The van der Waals surface area contributed by atoms with Gasteiger partial charge in [-0.15, -0.1) is 18.3 Å². The van der Waals surface area contributed by atoms with Crippen LogP contribution in [0.15, 0.2) is 53.7 Å². The maximum Gasteiger partial charge on any atom is 0.573 e. The van der Waals surface area contributed by atoms with Crippen molar-refractivity contribution in [2.75, 3.05) is 11.1 Å². The van der Waals surface area contributed by atoms with Crippen molar-refractivity contribution in [1.29, 1.82) is 0 Å². The van der Waals surface area contributed by atoms with E-state index in [0.717, 1.165) is 23.9 Å². The minimum Gasteiger partial charge on any atom is -0.406 e. The van der Waals surface area contributed by atoms with Crippen LogP contribution < -0.4 is 10.1 Å². The Balaban J connectivity index is 1.64. The maximum absolute atomic E-state index is 12.2. The Bertz CT molecular complexity index is 965. The van der Waals surface area contributed by atoms with Crippen molar-refractivity contribution < 1.29 is 22.7 Å². The zero-order valence-electron chi connectivity index (χ0n) is 13.9. The first-order valence-corrected chi connectivity index (χ1v) is 9.00. The van der Waals surface area contributed by atoms with Gasteiger partial charge in [0.25, 0.3) is 0 Å². The second-order valence-corrected chi connectivity index (χ2v) is 6.58. The number of hydrogen-bond acceptors (Lipinski definition) is 6. The van der Waals surface area contributed by atoms with Gasteiger partial charge >= 0.3 is 6.36 Å². The van der Waals surface area contributed by atoms with E-state index in [4.69, 9.17) is 11.6 Å². The molecule has 0 unspecified atom stereocenters. The van der Waals surface area contributed by atoms with Gasteiger partial charge in [0.2, 0.25) is 11.1 Å². The summed E-state index contributed by atoms with van der Waals surface area (Å²) in [6.07, 6.45) is -4.77.